The van der Waals surface area contributed by atoms with Gasteiger partial charge in [-0.3, -0.25) is 13.9 Å². The van der Waals surface area contributed by atoms with Crippen molar-refractivity contribution in [3.63, 3.8) is 0 Å². The molecule has 0 unspecified atom stereocenters. The number of alkyl halides is 1. The summed E-state index contributed by atoms with van der Waals surface area (Å²) in [5, 5.41) is 0. The summed E-state index contributed by atoms with van der Waals surface area (Å²) in [6.45, 7) is 9.44. The number of amidine groups is 1. The number of aliphatic imine (C=N–C) groups is 1. The summed E-state index contributed by atoms with van der Waals surface area (Å²) in [5.74, 6) is -0.533. The molecule has 12 heteroatoms. The number of methoxy groups -OCH3 is 1. The van der Waals surface area contributed by atoms with Gasteiger partial charge >= 0.3 is 6.09 Å². The molecule has 0 saturated heterocycles. The van der Waals surface area contributed by atoms with Crippen molar-refractivity contribution in [3.05, 3.63) is 34.1 Å². The number of benzene rings is 1. The fraction of sp³-hybridized carbons (Fsp3) is 0.667. The first-order chi connectivity index (χ1) is 16.6. The SMILES string of the molecule is COCCOCN(C(=O)OC(C)(C)C)C1=N[C@](C)(c2cc(Br)ccc2F)C[SH](=O)(NCCF)C1(C)C. The molecule has 0 radical (unpaired) electrons. The van der Waals surface area contributed by atoms with Crippen LogP contribution >= 0.6 is 15.9 Å². The lowest BCUT2D eigenvalue weighted by Gasteiger charge is -2.51. The molecule has 0 bridgehead atoms. The normalized spacial score (nSPS) is 22.0. The van der Waals surface area contributed by atoms with Crippen LogP contribution in [0, 0.1) is 5.82 Å². The largest absolute Gasteiger partial charge is 0.443 e. The van der Waals surface area contributed by atoms with Crippen molar-refractivity contribution >= 4 is 38.0 Å². The number of carbonyl (C=O) groups excluding carboxylic acids is 1. The Balaban J connectivity index is 2.73. The molecular formula is C24H38BrF2N3O5S. The lowest BCUT2D eigenvalue weighted by atomic mass is 9.93. The molecule has 0 aliphatic carbocycles. The van der Waals surface area contributed by atoms with Crippen molar-refractivity contribution in [1.29, 1.82) is 0 Å². The molecule has 0 saturated carbocycles. The Hall–Kier alpha value is -1.47. The van der Waals surface area contributed by atoms with Crippen LogP contribution in [0.3, 0.4) is 0 Å². The predicted molar refractivity (Wildman–Crippen MR) is 142 cm³/mol. The zero-order valence-corrected chi connectivity index (χ0v) is 24.5. The molecule has 2 rings (SSSR count). The molecule has 36 heavy (non-hydrogen) atoms. The second kappa shape index (κ2) is 11.9. The zero-order valence-electron chi connectivity index (χ0n) is 22.0. The van der Waals surface area contributed by atoms with Gasteiger partial charge in [-0.05, 0) is 69.9 Å². The Morgan fingerprint density at radius 3 is 2.53 bits per heavy atom. The summed E-state index contributed by atoms with van der Waals surface area (Å²) in [5.41, 5.74) is -1.99. The van der Waals surface area contributed by atoms with Gasteiger partial charge in [0.15, 0.2) is 0 Å². The quantitative estimate of drug-likeness (QED) is 0.251. The van der Waals surface area contributed by atoms with Gasteiger partial charge in [-0.1, -0.05) is 15.9 Å². The molecule has 0 aromatic heterocycles. The third-order valence-corrected chi connectivity index (χ3v) is 10.1. The van der Waals surface area contributed by atoms with Gasteiger partial charge in [0.05, 0.1) is 23.5 Å². The van der Waals surface area contributed by atoms with Gasteiger partial charge in [0.1, 0.15) is 30.7 Å². The van der Waals surface area contributed by atoms with Crippen molar-refractivity contribution in [1.82, 2.24) is 9.62 Å². The summed E-state index contributed by atoms with van der Waals surface area (Å²) < 4.78 is 61.3. The molecule has 206 valence electrons. The summed E-state index contributed by atoms with van der Waals surface area (Å²) in [7, 11) is -2.01. The second-order valence-electron chi connectivity index (χ2n) is 10.3. The van der Waals surface area contributed by atoms with E-state index in [1.165, 1.54) is 18.1 Å². The van der Waals surface area contributed by atoms with Crippen LogP contribution < -0.4 is 4.72 Å². The molecule has 1 aliphatic rings. The Kier molecular flexibility index (Phi) is 10.2. The fourth-order valence-electron chi connectivity index (χ4n) is 3.94. The number of rotatable bonds is 9. The van der Waals surface area contributed by atoms with Gasteiger partial charge in [-0.2, -0.15) is 0 Å². The van der Waals surface area contributed by atoms with Crippen molar-refractivity contribution in [3.8, 4) is 0 Å². The van der Waals surface area contributed by atoms with E-state index in [0.29, 0.717) is 4.47 Å². The summed E-state index contributed by atoms with van der Waals surface area (Å²) >= 11 is 3.36. The standard InChI is InChI=1S/C24H38BrF2N3O5S/c1-22(2,3)35-21(31)30(16-34-13-12-33-7)20-23(4,5)36(32,28-11-10-26)15-24(6,29-20)18-14-17(25)8-9-19(18)27/h8-9,14,36H,10-13,15-16H2,1-7H3,(H,28,32)/t24-/m0/s1. The van der Waals surface area contributed by atoms with E-state index in [2.05, 4.69) is 20.7 Å². The van der Waals surface area contributed by atoms with E-state index >= 15 is 4.39 Å². The molecule has 1 atom stereocenters. The Morgan fingerprint density at radius 2 is 1.94 bits per heavy atom. The van der Waals surface area contributed by atoms with Crippen molar-refractivity contribution in [2.75, 3.05) is 46.0 Å². The minimum atomic E-state index is -3.53. The van der Waals surface area contributed by atoms with Crippen LogP contribution in [0.15, 0.2) is 27.7 Å². The van der Waals surface area contributed by atoms with Crippen LogP contribution in [0.5, 0.6) is 0 Å². The first-order valence-electron chi connectivity index (χ1n) is 11.6. The average molecular weight is 599 g/mol. The van der Waals surface area contributed by atoms with Crippen LogP contribution in [0.4, 0.5) is 13.6 Å². The van der Waals surface area contributed by atoms with E-state index in [0.717, 1.165) is 0 Å². The lowest BCUT2D eigenvalue weighted by molar-refractivity contribution is -0.00308. The smallest absolute Gasteiger partial charge is 0.417 e. The number of nitrogens with one attached hydrogen (secondary N) is 1. The number of hydrogen-bond acceptors (Lipinski definition) is 6. The number of amides is 1. The van der Waals surface area contributed by atoms with Crippen molar-refractivity contribution in [2.45, 2.75) is 57.4 Å². The minimum Gasteiger partial charge on any atom is -0.443 e. The number of nitrogens with zero attached hydrogens (tertiary/aromatic N) is 2. The molecule has 1 heterocycles. The highest BCUT2D eigenvalue weighted by Crippen LogP contribution is 2.42. The van der Waals surface area contributed by atoms with E-state index in [1.54, 1.807) is 53.7 Å². The molecule has 1 aliphatic heterocycles. The topological polar surface area (TPSA) is 89.5 Å². The van der Waals surface area contributed by atoms with Gasteiger partial charge in [0.25, 0.3) is 0 Å². The van der Waals surface area contributed by atoms with E-state index in [9.17, 15) is 13.4 Å². The second-order valence-corrected chi connectivity index (χ2v) is 14.5. The highest BCUT2D eigenvalue weighted by atomic mass is 79.9. The molecule has 1 aromatic carbocycles. The van der Waals surface area contributed by atoms with Crippen LogP contribution in [0.25, 0.3) is 0 Å². The average Bonchev–Trinajstić information content (AvgIpc) is 2.76. The minimum absolute atomic E-state index is 0.0867. The first-order valence-corrected chi connectivity index (χ1v) is 14.3. The number of hydrogen-bond donors (Lipinski definition) is 2. The highest BCUT2D eigenvalue weighted by Gasteiger charge is 2.53. The zero-order chi connectivity index (χ0) is 27.4. The third kappa shape index (κ3) is 7.09. The molecule has 1 N–H and O–H groups in total. The van der Waals surface area contributed by atoms with E-state index in [1.807, 2.05) is 0 Å². The Labute approximate surface area is 221 Å². The number of halogens is 3. The van der Waals surface area contributed by atoms with Crippen molar-refractivity contribution < 1.29 is 32.0 Å². The van der Waals surface area contributed by atoms with E-state index < -0.39 is 44.6 Å². The first kappa shape index (κ1) is 30.8. The molecule has 1 aromatic rings. The maximum Gasteiger partial charge on any atom is 0.417 e. The molecular weight excluding hydrogens is 560 g/mol. The monoisotopic (exact) mass is 597 g/mol. The molecule has 8 nitrogen and oxygen atoms in total. The van der Waals surface area contributed by atoms with Gasteiger partial charge in [-0.25, -0.2) is 18.5 Å². The molecule has 0 fully saturated rings. The lowest BCUT2D eigenvalue weighted by Crippen LogP contribution is -2.66. The summed E-state index contributed by atoms with van der Waals surface area (Å²) in [4.78, 5) is 19.4. The highest BCUT2D eigenvalue weighted by molar-refractivity contribution is 9.10. The fourth-order valence-corrected chi connectivity index (χ4v) is 7.25. The van der Waals surface area contributed by atoms with Gasteiger partial charge < -0.3 is 14.2 Å². The number of ether oxygens (including phenoxy) is 3. The summed E-state index contributed by atoms with van der Waals surface area (Å²) in [6, 6.07) is 4.41. The predicted octanol–water partition coefficient (Wildman–Crippen LogP) is 4.34. The van der Waals surface area contributed by atoms with Crippen molar-refractivity contribution in [2.24, 2.45) is 4.99 Å². The third-order valence-electron chi connectivity index (χ3n) is 5.83. The van der Waals surface area contributed by atoms with Crippen LogP contribution in [0.2, 0.25) is 0 Å². The number of thiol groups is 1. The summed E-state index contributed by atoms with van der Waals surface area (Å²) in [6.07, 6.45) is -0.761. The van der Waals surface area contributed by atoms with Gasteiger partial charge in [0.2, 0.25) is 0 Å². The molecule has 0 spiro atoms. The Bertz CT molecular complexity index is 1020. The van der Waals surface area contributed by atoms with Crippen LogP contribution in [-0.4, -0.2) is 77.4 Å². The van der Waals surface area contributed by atoms with Crippen LogP contribution in [0.1, 0.15) is 47.1 Å². The maximum absolute atomic E-state index is 15.1. The van der Waals surface area contributed by atoms with Crippen LogP contribution in [-0.2, 0) is 29.9 Å². The maximum atomic E-state index is 15.1. The number of carbonyl (C=O) groups is 1. The van der Waals surface area contributed by atoms with Gasteiger partial charge in [-0.15, -0.1) is 0 Å². The molecule has 1 amide bonds. The van der Waals surface area contributed by atoms with E-state index in [-0.39, 0.29) is 43.6 Å². The Morgan fingerprint density at radius 1 is 1.28 bits per heavy atom. The van der Waals surface area contributed by atoms with Gasteiger partial charge in [0, 0.05) is 29.4 Å². The van der Waals surface area contributed by atoms with E-state index in [4.69, 9.17) is 19.2 Å².